The summed E-state index contributed by atoms with van der Waals surface area (Å²) in [5.74, 6) is 0.728. The van der Waals surface area contributed by atoms with Gasteiger partial charge in [-0.2, -0.15) is 0 Å². The Hall–Kier alpha value is -0.380. The molecule has 0 atom stereocenters. The van der Waals surface area contributed by atoms with E-state index < -0.39 is 0 Å². The molecule has 1 aromatic heterocycles. The molecular formula is C18H34N2S. The Bertz CT molecular complexity index is 394. The molecule has 0 aromatic carbocycles. The minimum absolute atomic E-state index is 0.712. The highest BCUT2D eigenvalue weighted by molar-refractivity contribution is 7.12. The maximum absolute atomic E-state index is 3.43. The topological polar surface area (TPSA) is 15.3 Å². The molecule has 0 fully saturated rings. The molecule has 0 saturated heterocycles. The molecule has 1 N–H and O–H groups in total. The first kappa shape index (κ1) is 18.7. The summed E-state index contributed by atoms with van der Waals surface area (Å²) in [6.07, 6.45) is 2.49. The van der Waals surface area contributed by atoms with Crippen LogP contribution in [0, 0.1) is 12.8 Å². The van der Waals surface area contributed by atoms with Crippen molar-refractivity contribution in [1.29, 1.82) is 0 Å². The van der Waals surface area contributed by atoms with Gasteiger partial charge in [-0.1, -0.05) is 34.6 Å². The van der Waals surface area contributed by atoms with Crippen molar-refractivity contribution in [2.45, 2.75) is 73.5 Å². The third kappa shape index (κ3) is 6.09. The van der Waals surface area contributed by atoms with E-state index in [9.17, 15) is 0 Å². The zero-order chi connectivity index (χ0) is 15.8. The molecule has 1 aromatic rings. The Labute approximate surface area is 135 Å². The van der Waals surface area contributed by atoms with Crippen LogP contribution in [-0.2, 0) is 13.1 Å². The molecular weight excluding hydrogens is 276 g/mol. The van der Waals surface area contributed by atoms with Crippen LogP contribution in [0.1, 0.15) is 62.8 Å². The first-order valence-electron chi connectivity index (χ1n) is 8.54. The lowest BCUT2D eigenvalue weighted by Crippen LogP contribution is -2.36. The van der Waals surface area contributed by atoms with E-state index in [1.54, 1.807) is 0 Å². The first-order chi connectivity index (χ1) is 10.0. The van der Waals surface area contributed by atoms with Gasteiger partial charge in [-0.3, -0.25) is 4.90 Å². The van der Waals surface area contributed by atoms with Crippen LogP contribution in [-0.4, -0.2) is 24.0 Å². The van der Waals surface area contributed by atoms with Gasteiger partial charge < -0.3 is 5.32 Å². The van der Waals surface area contributed by atoms with Gasteiger partial charge in [0, 0.05) is 35.4 Å². The SMILES string of the molecule is CCNCc1cc(CN(CC(C)C)C(CC)CC)c(C)s1. The Kier molecular flexibility index (Phi) is 8.53. The van der Waals surface area contributed by atoms with Crippen LogP contribution in [0.5, 0.6) is 0 Å². The maximum atomic E-state index is 3.43. The van der Waals surface area contributed by atoms with Crippen LogP contribution in [0.2, 0.25) is 0 Å². The quantitative estimate of drug-likeness (QED) is 0.667. The molecule has 2 nitrogen and oxygen atoms in total. The van der Waals surface area contributed by atoms with Gasteiger partial charge in [0.15, 0.2) is 0 Å². The van der Waals surface area contributed by atoms with Gasteiger partial charge in [0.1, 0.15) is 0 Å². The first-order valence-corrected chi connectivity index (χ1v) is 9.36. The molecule has 0 unspecified atom stereocenters. The van der Waals surface area contributed by atoms with E-state index in [2.05, 4.69) is 57.8 Å². The second kappa shape index (κ2) is 9.60. The summed E-state index contributed by atoms with van der Waals surface area (Å²) >= 11 is 1.95. The highest BCUT2D eigenvalue weighted by Gasteiger charge is 2.18. The summed E-state index contributed by atoms with van der Waals surface area (Å²) in [5.41, 5.74) is 1.53. The second-order valence-electron chi connectivity index (χ2n) is 6.37. The van der Waals surface area contributed by atoms with E-state index in [1.165, 1.54) is 34.7 Å². The predicted octanol–water partition coefficient (Wildman–Crippen LogP) is 4.81. The fraction of sp³-hybridized carbons (Fsp3) is 0.778. The van der Waals surface area contributed by atoms with Crippen LogP contribution < -0.4 is 5.32 Å². The molecule has 0 aliphatic heterocycles. The molecule has 0 radical (unpaired) electrons. The number of hydrogen-bond donors (Lipinski definition) is 1. The molecule has 3 heteroatoms. The smallest absolute Gasteiger partial charge is 0.0299 e. The second-order valence-corrected chi connectivity index (χ2v) is 7.71. The number of hydrogen-bond acceptors (Lipinski definition) is 3. The number of aryl methyl sites for hydroxylation is 1. The third-order valence-corrected chi connectivity index (χ3v) is 5.15. The van der Waals surface area contributed by atoms with E-state index in [0.29, 0.717) is 6.04 Å². The third-order valence-electron chi connectivity index (χ3n) is 4.05. The predicted molar refractivity (Wildman–Crippen MR) is 96.1 cm³/mol. The number of nitrogens with one attached hydrogen (secondary N) is 1. The molecule has 0 amide bonds. The molecule has 0 bridgehead atoms. The van der Waals surface area contributed by atoms with Crippen LogP contribution in [0.25, 0.3) is 0 Å². The highest BCUT2D eigenvalue weighted by Crippen LogP contribution is 2.25. The summed E-state index contributed by atoms with van der Waals surface area (Å²) in [6, 6.07) is 3.13. The fourth-order valence-corrected chi connectivity index (χ4v) is 3.94. The lowest BCUT2D eigenvalue weighted by atomic mass is 10.1. The molecule has 1 rings (SSSR count). The minimum atomic E-state index is 0.712. The van der Waals surface area contributed by atoms with E-state index in [1.807, 2.05) is 11.3 Å². The summed E-state index contributed by atoms with van der Waals surface area (Å²) in [6.45, 7) is 18.1. The molecule has 0 spiro atoms. The largest absolute Gasteiger partial charge is 0.312 e. The molecule has 122 valence electrons. The Morgan fingerprint density at radius 1 is 1.19 bits per heavy atom. The lowest BCUT2D eigenvalue weighted by molar-refractivity contribution is 0.157. The normalized spacial score (nSPS) is 12.0. The maximum Gasteiger partial charge on any atom is 0.0299 e. The van der Waals surface area contributed by atoms with Crippen LogP contribution >= 0.6 is 11.3 Å². The summed E-state index contributed by atoms with van der Waals surface area (Å²) < 4.78 is 0. The summed E-state index contributed by atoms with van der Waals surface area (Å²) in [7, 11) is 0. The van der Waals surface area contributed by atoms with Gasteiger partial charge in [0.25, 0.3) is 0 Å². The lowest BCUT2D eigenvalue weighted by Gasteiger charge is -2.32. The zero-order valence-corrected chi connectivity index (χ0v) is 15.6. The molecule has 0 aliphatic rings. The van der Waals surface area contributed by atoms with Gasteiger partial charge in [-0.25, -0.2) is 0 Å². The van der Waals surface area contributed by atoms with Crippen LogP contribution in [0.4, 0.5) is 0 Å². The number of nitrogens with zero attached hydrogens (tertiary/aromatic N) is 1. The Morgan fingerprint density at radius 3 is 2.38 bits per heavy atom. The van der Waals surface area contributed by atoms with Crippen molar-refractivity contribution in [1.82, 2.24) is 10.2 Å². The van der Waals surface area contributed by atoms with Crippen molar-refractivity contribution in [3.8, 4) is 0 Å². The summed E-state index contributed by atoms with van der Waals surface area (Å²) in [5, 5.41) is 3.43. The van der Waals surface area contributed by atoms with Crippen molar-refractivity contribution >= 4 is 11.3 Å². The highest BCUT2D eigenvalue weighted by atomic mass is 32.1. The van der Waals surface area contributed by atoms with E-state index >= 15 is 0 Å². The monoisotopic (exact) mass is 310 g/mol. The van der Waals surface area contributed by atoms with Crippen molar-refractivity contribution in [2.75, 3.05) is 13.1 Å². The van der Waals surface area contributed by atoms with Gasteiger partial charge >= 0.3 is 0 Å². The Balaban J connectivity index is 2.79. The van der Waals surface area contributed by atoms with Gasteiger partial charge in [-0.05, 0) is 43.9 Å². The van der Waals surface area contributed by atoms with Gasteiger partial charge in [0.2, 0.25) is 0 Å². The van der Waals surface area contributed by atoms with Crippen LogP contribution in [0.15, 0.2) is 6.07 Å². The van der Waals surface area contributed by atoms with E-state index in [0.717, 1.165) is 25.6 Å². The van der Waals surface area contributed by atoms with Gasteiger partial charge in [-0.15, -0.1) is 11.3 Å². The van der Waals surface area contributed by atoms with Crippen molar-refractivity contribution in [3.63, 3.8) is 0 Å². The van der Waals surface area contributed by atoms with Gasteiger partial charge in [0.05, 0.1) is 0 Å². The molecule has 0 saturated carbocycles. The number of thiophene rings is 1. The van der Waals surface area contributed by atoms with Crippen molar-refractivity contribution in [3.05, 3.63) is 21.4 Å². The van der Waals surface area contributed by atoms with Crippen molar-refractivity contribution < 1.29 is 0 Å². The molecule has 21 heavy (non-hydrogen) atoms. The van der Waals surface area contributed by atoms with Crippen molar-refractivity contribution in [2.24, 2.45) is 5.92 Å². The molecule has 0 aliphatic carbocycles. The molecule has 1 heterocycles. The fourth-order valence-electron chi connectivity index (χ4n) is 2.92. The van der Waals surface area contributed by atoms with E-state index in [4.69, 9.17) is 0 Å². The van der Waals surface area contributed by atoms with E-state index in [-0.39, 0.29) is 0 Å². The standard InChI is InChI=1S/C18H34N2S/c1-7-17(8-2)20(12-14(4)5)13-16-10-18(11-19-9-3)21-15(16)6/h10,14,17,19H,7-9,11-13H2,1-6H3. The zero-order valence-electron chi connectivity index (χ0n) is 14.8. The Morgan fingerprint density at radius 2 is 1.86 bits per heavy atom. The minimum Gasteiger partial charge on any atom is -0.312 e. The number of rotatable bonds is 10. The summed E-state index contributed by atoms with van der Waals surface area (Å²) in [4.78, 5) is 5.65. The average molecular weight is 311 g/mol. The van der Waals surface area contributed by atoms with Crippen LogP contribution in [0.3, 0.4) is 0 Å². The average Bonchev–Trinajstić information content (AvgIpc) is 2.77.